The number of thiophene rings is 1. The van der Waals surface area contributed by atoms with Crippen molar-refractivity contribution in [1.29, 1.82) is 0 Å². The van der Waals surface area contributed by atoms with Crippen molar-refractivity contribution >= 4 is 35.2 Å². The first kappa shape index (κ1) is 21.4. The number of urea groups is 1. The molecular formula is C14H16F3N3O5S. The van der Waals surface area contributed by atoms with E-state index in [0.29, 0.717) is 5.56 Å². The Morgan fingerprint density at radius 2 is 1.88 bits per heavy atom. The molecule has 0 aliphatic heterocycles. The molecule has 144 valence electrons. The standard InChI is InChI=1S/C14H16F3N3O5S/c15-14(16,17)8-19-13(24)20-10(21)6-25-11(22)2-1-4-18-12(23)9-3-5-26-7-9/h3,5,7H,1-2,4,6,8H2,(H,18,23)(H2,19,20,21,24). The number of imide groups is 1. The van der Waals surface area contributed by atoms with Gasteiger partial charge < -0.3 is 15.4 Å². The molecule has 12 heteroatoms. The van der Waals surface area contributed by atoms with Crippen LogP contribution in [0, 0.1) is 0 Å². The summed E-state index contributed by atoms with van der Waals surface area (Å²) in [5, 5.41) is 9.03. The zero-order chi connectivity index (χ0) is 19.6. The molecule has 0 radical (unpaired) electrons. The molecular weight excluding hydrogens is 379 g/mol. The molecule has 26 heavy (non-hydrogen) atoms. The normalized spacial score (nSPS) is 10.7. The van der Waals surface area contributed by atoms with Crippen LogP contribution in [0.5, 0.6) is 0 Å². The number of rotatable bonds is 8. The van der Waals surface area contributed by atoms with Crippen LogP contribution < -0.4 is 16.0 Å². The molecule has 8 nitrogen and oxygen atoms in total. The van der Waals surface area contributed by atoms with E-state index in [-0.39, 0.29) is 25.3 Å². The molecule has 0 aliphatic rings. The maximum atomic E-state index is 11.9. The number of halogens is 3. The summed E-state index contributed by atoms with van der Waals surface area (Å²) in [5.74, 6) is -2.09. The fraction of sp³-hybridized carbons (Fsp3) is 0.429. The predicted molar refractivity (Wildman–Crippen MR) is 84.4 cm³/mol. The van der Waals surface area contributed by atoms with E-state index in [0.717, 1.165) is 0 Å². The number of carbonyl (C=O) groups is 4. The first-order chi connectivity index (χ1) is 12.2. The van der Waals surface area contributed by atoms with Crippen LogP contribution in [0.25, 0.3) is 0 Å². The number of amides is 4. The Labute approximate surface area is 150 Å². The monoisotopic (exact) mass is 395 g/mol. The van der Waals surface area contributed by atoms with Gasteiger partial charge in [-0.05, 0) is 17.9 Å². The fourth-order valence-electron chi connectivity index (χ4n) is 1.54. The third-order valence-corrected chi connectivity index (χ3v) is 3.38. The summed E-state index contributed by atoms with van der Waals surface area (Å²) in [5.41, 5.74) is 0.512. The van der Waals surface area contributed by atoms with Gasteiger partial charge in [-0.2, -0.15) is 24.5 Å². The molecule has 0 atom stereocenters. The Hall–Kier alpha value is -2.63. The Balaban J connectivity index is 2.11. The average molecular weight is 395 g/mol. The quantitative estimate of drug-likeness (QED) is 0.452. The molecule has 0 saturated carbocycles. The van der Waals surface area contributed by atoms with E-state index in [1.807, 2.05) is 0 Å². The smallest absolute Gasteiger partial charge is 0.405 e. The maximum absolute atomic E-state index is 11.9. The molecule has 0 bridgehead atoms. The van der Waals surface area contributed by atoms with Gasteiger partial charge in [0, 0.05) is 23.9 Å². The van der Waals surface area contributed by atoms with Crippen LogP contribution in [0.1, 0.15) is 23.2 Å². The van der Waals surface area contributed by atoms with Gasteiger partial charge in [-0.15, -0.1) is 0 Å². The molecule has 0 aromatic carbocycles. The first-order valence-corrected chi connectivity index (χ1v) is 8.22. The van der Waals surface area contributed by atoms with Crippen molar-refractivity contribution in [2.24, 2.45) is 0 Å². The van der Waals surface area contributed by atoms with Crippen LogP contribution in [0.4, 0.5) is 18.0 Å². The second kappa shape index (κ2) is 10.4. The highest BCUT2D eigenvalue weighted by molar-refractivity contribution is 7.08. The van der Waals surface area contributed by atoms with Gasteiger partial charge >= 0.3 is 18.2 Å². The summed E-state index contributed by atoms with van der Waals surface area (Å²) in [6.45, 7) is -2.18. The molecule has 3 N–H and O–H groups in total. The number of carbonyl (C=O) groups excluding carboxylic acids is 4. The van der Waals surface area contributed by atoms with Crippen LogP contribution in [-0.4, -0.2) is 49.7 Å². The zero-order valence-electron chi connectivity index (χ0n) is 13.4. The van der Waals surface area contributed by atoms with E-state index < -0.39 is 37.2 Å². The van der Waals surface area contributed by atoms with Gasteiger partial charge in [0.15, 0.2) is 6.61 Å². The number of alkyl halides is 3. The highest BCUT2D eigenvalue weighted by atomic mass is 32.1. The number of hydrogen-bond donors (Lipinski definition) is 3. The lowest BCUT2D eigenvalue weighted by atomic mass is 10.3. The van der Waals surface area contributed by atoms with Gasteiger partial charge in [0.2, 0.25) is 0 Å². The van der Waals surface area contributed by atoms with Crippen LogP contribution in [0.15, 0.2) is 16.8 Å². The van der Waals surface area contributed by atoms with E-state index in [1.54, 1.807) is 22.1 Å². The Morgan fingerprint density at radius 3 is 2.50 bits per heavy atom. The van der Waals surface area contributed by atoms with Crippen molar-refractivity contribution in [3.05, 3.63) is 22.4 Å². The summed E-state index contributed by atoms with van der Waals surface area (Å²) in [6.07, 6.45) is -4.43. The largest absolute Gasteiger partial charge is 0.456 e. The zero-order valence-corrected chi connectivity index (χ0v) is 14.2. The number of ether oxygens (including phenoxy) is 1. The molecule has 0 saturated heterocycles. The van der Waals surface area contributed by atoms with Crippen molar-refractivity contribution < 1.29 is 37.1 Å². The van der Waals surface area contributed by atoms with Crippen molar-refractivity contribution in [1.82, 2.24) is 16.0 Å². The lowest BCUT2D eigenvalue weighted by Gasteiger charge is -2.09. The van der Waals surface area contributed by atoms with Crippen molar-refractivity contribution in [3.63, 3.8) is 0 Å². The molecule has 1 rings (SSSR count). The summed E-state index contributed by atoms with van der Waals surface area (Å²) < 4.78 is 40.2. The maximum Gasteiger partial charge on any atom is 0.405 e. The van der Waals surface area contributed by atoms with Gasteiger partial charge in [-0.25, -0.2) is 4.79 Å². The summed E-state index contributed by atoms with van der Waals surface area (Å²) >= 11 is 1.37. The summed E-state index contributed by atoms with van der Waals surface area (Å²) in [4.78, 5) is 45.2. The minimum Gasteiger partial charge on any atom is -0.456 e. The summed E-state index contributed by atoms with van der Waals surface area (Å²) in [6, 6.07) is 0.303. The van der Waals surface area contributed by atoms with E-state index in [9.17, 15) is 32.3 Å². The van der Waals surface area contributed by atoms with E-state index in [1.165, 1.54) is 16.7 Å². The number of hydrogen-bond acceptors (Lipinski definition) is 6. The van der Waals surface area contributed by atoms with E-state index in [2.05, 4.69) is 10.1 Å². The van der Waals surface area contributed by atoms with Crippen molar-refractivity contribution in [2.75, 3.05) is 19.7 Å². The highest BCUT2D eigenvalue weighted by Crippen LogP contribution is 2.11. The lowest BCUT2D eigenvalue weighted by Crippen LogP contribution is -2.44. The van der Waals surface area contributed by atoms with Gasteiger partial charge in [0.05, 0.1) is 0 Å². The van der Waals surface area contributed by atoms with Gasteiger partial charge in [-0.3, -0.25) is 19.7 Å². The highest BCUT2D eigenvalue weighted by Gasteiger charge is 2.28. The molecule has 0 spiro atoms. The first-order valence-electron chi connectivity index (χ1n) is 7.28. The average Bonchev–Trinajstić information content (AvgIpc) is 3.09. The van der Waals surface area contributed by atoms with Crippen LogP contribution >= 0.6 is 11.3 Å². The van der Waals surface area contributed by atoms with Gasteiger partial charge in [0.25, 0.3) is 11.8 Å². The minimum atomic E-state index is -4.61. The lowest BCUT2D eigenvalue weighted by molar-refractivity contribution is -0.148. The SMILES string of the molecule is O=C(COC(=O)CCCNC(=O)c1ccsc1)NC(=O)NCC(F)(F)F. The Bertz CT molecular complexity index is 634. The minimum absolute atomic E-state index is 0.0858. The van der Waals surface area contributed by atoms with Gasteiger partial charge in [-0.1, -0.05) is 0 Å². The molecule has 1 aromatic heterocycles. The molecule has 4 amide bonds. The Morgan fingerprint density at radius 1 is 1.15 bits per heavy atom. The van der Waals surface area contributed by atoms with Crippen LogP contribution in [-0.2, 0) is 14.3 Å². The van der Waals surface area contributed by atoms with E-state index in [4.69, 9.17) is 0 Å². The molecule has 0 aliphatic carbocycles. The predicted octanol–water partition coefficient (Wildman–Crippen LogP) is 1.19. The van der Waals surface area contributed by atoms with Gasteiger partial charge in [0.1, 0.15) is 6.54 Å². The topological polar surface area (TPSA) is 114 Å². The molecule has 0 unspecified atom stereocenters. The van der Waals surface area contributed by atoms with Crippen molar-refractivity contribution in [2.45, 2.75) is 19.0 Å². The Kier molecular flexibility index (Phi) is 8.55. The van der Waals surface area contributed by atoms with Crippen LogP contribution in [0.3, 0.4) is 0 Å². The third kappa shape index (κ3) is 9.61. The number of nitrogens with one attached hydrogen (secondary N) is 3. The molecule has 0 fully saturated rings. The molecule has 1 heterocycles. The second-order valence-corrected chi connectivity index (χ2v) is 5.66. The number of esters is 1. The van der Waals surface area contributed by atoms with Crippen molar-refractivity contribution in [3.8, 4) is 0 Å². The third-order valence-electron chi connectivity index (χ3n) is 2.69. The second-order valence-electron chi connectivity index (χ2n) is 4.88. The molecule has 1 aromatic rings. The fourth-order valence-corrected chi connectivity index (χ4v) is 2.17. The van der Waals surface area contributed by atoms with Crippen LogP contribution in [0.2, 0.25) is 0 Å². The van der Waals surface area contributed by atoms with E-state index >= 15 is 0 Å². The summed E-state index contributed by atoms with van der Waals surface area (Å²) in [7, 11) is 0.